The van der Waals surface area contributed by atoms with E-state index in [1.54, 1.807) is 0 Å². The van der Waals surface area contributed by atoms with Gasteiger partial charge in [0, 0.05) is 28.2 Å². The van der Waals surface area contributed by atoms with Gasteiger partial charge in [-0.1, -0.05) is 109 Å². The summed E-state index contributed by atoms with van der Waals surface area (Å²) in [5.74, 6) is 0. The molecule has 7 aromatic rings. The van der Waals surface area contributed by atoms with E-state index < -0.39 is 0 Å². The molecule has 6 aromatic carbocycles. The summed E-state index contributed by atoms with van der Waals surface area (Å²) in [7, 11) is 0. The third-order valence-corrected chi connectivity index (χ3v) is 7.08. The van der Waals surface area contributed by atoms with Gasteiger partial charge in [0.2, 0.25) is 0 Å². The van der Waals surface area contributed by atoms with Crippen molar-refractivity contribution in [3.05, 3.63) is 146 Å². The van der Waals surface area contributed by atoms with Crippen molar-refractivity contribution >= 4 is 33.3 Å². The minimum absolute atomic E-state index is 0.886. The lowest BCUT2D eigenvalue weighted by molar-refractivity contribution is 0.669. The molecule has 0 saturated carbocycles. The van der Waals surface area contributed by atoms with Crippen LogP contribution in [0.25, 0.3) is 55.3 Å². The molecule has 2 heteroatoms. The molecule has 1 heterocycles. The van der Waals surface area contributed by atoms with Crippen LogP contribution in [0.2, 0.25) is 0 Å². The second-order valence-electron chi connectivity index (χ2n) is 9.47. The predicted molar refractivity (Wildman–Crippen MR) is 160 cm³/mol. The van der Waals surface area contributed by atoms with Gasteiger partial charge in [-0.2, -0.15) is 0 Å². The Bertz CT molecular complexity index is 1810. The summed E-state index contributed by atoms with van der Waals surface area (Å²) in [6.07, 6.45) is 0. The number of hydrogen-bond donors (Lipinski definition) is 1. The number of furan rings is 1. The van der Waals surface area contributed by atoms with Crippen molar-refractivity contribution in [3.8, 4) is 33.4 Å². The number of rotatable bonds is 5. The SMILES string of the molecule is c1ccc(-c2cccc(-c3ccccc3)c2-c2ccc(Nc3ccc4c(c3)oc3ccccc34)cc2)cc1. The zero-order valence-corrected chi connectivity index (χ0v) is 20.8. The molecule has 1 aromatic heterocycles. The topological polar surface area (TPSA) is 25.2 Å². The van der Waals surface area contributed by atoms with Crippen LogP contribution in [0.15, 0.2) is 150 Å². The molecule has 0 unspecified atom stereocenters. The summed E-state index contributed by atoms with van der Waals surface area (Å²) in [4.78, 5) is 0. The molecule has 2 nitrogen and oxygen atoms in total. The quantitative estimate of drug-likeness (QED) is 0.261. The Hall–Kier alpha value is -5.08. The number of para-hydroxylation sites is 1. The highest BCUT2D eigenvalue weighted by Gasteiger charge is 2.14. The van der Waals surface area contributed by atoms with E-state index in [-0.39, 0.29) is 0 Å². The Morgan fingerprint density at radius 2 is 0.974 bits per heavy atom. The average molecular weight is 488 g/mol. The van der Waals surface area contributed by atoms with Gasteiger partial charge in [-0.05, 0) is 63.7 Å². The van der Waals surface area contributed by atoms with Crippen LogP contribution in [-0.2, 0) is 0 Å². The lowest BCUT2D eigenvalue weighted by Crippen LogP contribution is -1.92. The van der Waals surface area contributed by atoms with E-state index in [0.29, 0.717) is 0 Å². The van der Waals surface area contributed by atoms with Gasteiger partial charge in [-0.3, -0.25) is 0 Å². The van der Waals surface area contributed by atoms with Crippen molar-refractivity contribution in [2.75, 3.05) is 5.32 Å². The third-order valence-electron chi connectivity index (χ3n) is 7.08. The highest BCUT2D eigenvalue weighted by atomic mass is 16.3. The molecule has 0 bridgehead atoms. The summed E-state index contributed by atoms with van der Waals surface area (Å²) in [6.45, 7) is 0. The Labute approximate surface area is 221 Å². The first-order valence-electron chi connectivity index (χ1n) is 12.9. The van der Waals surface area contributed by atoms with Crippen LogP contribution in [0.3, 0.4) is 0 Å². The van der Waals surface area contributed by atoms with Crippen LogP contribution in [0, 0.1) is 0 Å². The monoisotopic (exact) mass is 487 g/mol. The number of hydrogen-bond acceptors (Lipinski definition) is 2. The van der Waals surface area contributed by atoms with Crippen LogP contribution >= 0.6 is 0 Å². The van der Waals surface area contributed by atoms with Gasteiger partial charge in [-0.25, -0.2) is 0 Å². The van der Waals surface area contributed by atoms with Gasteiger partial charge < -0.3 is 9.73 Å². The number of fused-ring (bicyclic) bond motifs is 3. The molecule has 0 fully saturated rings. The molecule has 0 saturated heterocycles. The van der Waals surface area contributed by atoms with Crippen molar-refractivity contribution in [2.45, 2.75) is 0 Å². The summed E-state index contributed by atoms with van der Waals surface area (Å²) < 4.78 is 6.08. The first kappa shape index (κ1) is 22.1. The molecule has 0 aliphatic heterocycles. The van der Waals surface area contributed by atoms with Gasteiger partial charge in [0.1, 0.15) is 11.2 Å². The number of benzene rings is 6. The molecule has 0 spiro atoms. The molecule has 0 atom stereocenters. The van der Waals surface area contributed by atoms with Crippen molar-refractivity contribution in [1.29, 1.82) is 0 Å². The maximum atomic E-state index is 6.08. The zero-order chi connectivity index (χ0) is 25.3. The smallest absolute Gasteiger partial charge is 0.137 e. The largest absolute Gasteiger partial charge is 0.456 e. The summed E-state index contributed by atoms with van der Waals surface area (Å²) in [5, 5.41) is 5.83. The Balaban J connectivity index is 1.27. The summed E-state index contributed by atoms with van der Waals surface area (Å²) >= 11 is 0. The second-order valence-corrected chi connectivity index (χ2v) is 9.47. The molecule has 7 rings (SSSR count). The van der Waals surface area contributed by atoms with E-state index in [9.17, 15) is 0 Å². The fraction of sp³-hybridized carbons (Fsp3) is 0. The summed E-state index contributed by atoms with van der Waals surface area (Å²) in [5.41, 5.74) is 11.1. The molecule has 0 aliphatic rings. The van der Waals surface area contributed by atoms with Crippen LogP contribution in [0.4, 0.5) is 11.4 Å². The molecule has 38 heavy (non-hydrogen) atoms. The van der Waals surface area contributed by atoms with E-state index in [1.807, 2.05) is 18.2 Å². The van der Waals surface area contributed by atoms with Crippen molar-refractivity contribution in [3.63, 3.8) is 0 Å². The van der Waals surface area contributed by atoms with Crippen LogP contribution in [0.5, 0.6) is 0 Å². The van der Waals surface area contributed by atoms with Crippen molar-refractivity contribution in [1.82, 2.24) is 0 Å². The lowest BCUT2D eigenvalue weighted by Gasteiger charge is -2.17. The fourth-order valence-electron chi connectivity index (χ4n) is 5.27. The molecule has 0 amide bonds. The minimum atomic E-state index is 0.886. The second kappa shape index (κ2) is 9.42. The summed E-state index contributed by atoms with van der Waals surface area (Å²) in [6, 6.07) is 51.0. The Morgan fingerprint density at radius 3 is 1.66 bits per heavy atom. The van der Waals surface area contributed by atoms with E-state index >= 15 is 0 Å². The highest BCUT2D eigenvalue weighted by molar-refractivity contribution is 6.05. The molecule has 1 N–H and O–H groups in total. The van der Waals surface area contributed by atoms with Gasteiger partial charge in [0.05, 0.1) is 0 Å². The van der Waals surface area contributed by atoms with E-state index in [0.717, 1.165) is 33.3 Å². The van der Waals surface area contributed by atoms with Crippen molar-refractivity contribution < 1.29 is 4.42 Å². The van der Waals surface area contributed by atoms with Crippen LogP contribution in [-0.4, -0.2) is 0 Å². The number of nitrogens with one attached hydrogen (secondary N) is 1. The zero-order valence-electron chi connectivity index (χ0n) is 20.8. The maximum absolute atomic E-state index is 6.08. The van der Waals surface area contributed by atoms with Gasteiger partial charge in [0.25, 0.3) is 0 Å². The van der Waals surface area contributed by atoms with E-state index in [4.69, 9.17) is 4.42 Å². The first-order chi connectivity index (χ1) is 18.8. The molecular weight excluding hydrogens is 462 g/mol. The van der Waals surface area contributed by atoms with E-state index in [1.165, 1.54) is 33.4 Å². The standard InChI is InChI=1S/C36H25NO/c1-3-10-25(11-4-1)30-15-9-16-31(26-12-5-2-6-13-26)36(30)27-18-20-28(21-19-27)37-29-22-23-33-32-14-7-8-17-34(32)38-35(33)24-29/h1-24,37H. The highest BCUT2D eigenvalue weighted by Crippen LogP contribution is 2.40. The van der Waals surface area contributed by atoms with Crippen LogP contribution in [0.1, 0.15) is 0 Å². The Morgan fingerprint density at radius 1 is 0.395 bits per heavy atom. The third kappa shape index (κ3) is 4.03. The number of anilines is 2. The van der Waals surface area contributed by atoms with Crippen LogP contribution < -0.4 is 5.32 Å². The fourth-order valence-corrected chi connectivity index (χ4v) is 5.27. The normalized spacial score (nSPS) is 11.2. The predicted octanol–water partition coefficient (Wildman–Crippen LogP) is 10.3. The molecule has 0 aliphatic carbocycles. The van der Waals surface area contributed by atoms with Gasteiger partial charge in [0.15, 0.2) is 0 Å². The maximum Gasteiger partial charge on any atom is 0.137 e. The van der Waals surface area contributed by atoms with E-state index in [2.05, 4.69) is 133 Å². The molecule has 0 radical (unpaired) electrons. The minimum Gasteiger partial charge on any atom is -0.456 e. The molecule has 180 valence electrons. The van der Waals surface area contributed by atoms with Gasteiger partial charge in [-0.15, -0.1) is 0 Å². The molecular formula is C36H25NO. The Kier molecular flexibility index (Phi) is 5.49. The van der Waals surface area contributed by atoms with Crippen molar-refractivity contribution in [2.24, 2.45) is 0 Å². The van der Waals surface area contributed by atoms with Gasteiger partial charge >= 0.3 is 0 Å². The average Bonchev–Trinajstić information content (AvgIpc) is 3.36. The lowest BCUT2D eigenvalue weighted by atomic mass is 9.87. The first-order valence-corrected chi connectivity index (χ1v) is 12.9.